The van der Waals surface area contributed by atoms with E-state index in [1.54, 1.807) is 17.0 Å². The molecule has 0 bridgehead atoms. The van der Waals surface area contributed by atoms with Crippen LogP contribution < -0.4 is 10.3 Å². The molecule has 2 amide bonds. The van der Waals surface area contributed by atoms with Gasteiger partial charge in [0.1, 0.15) is 0 Å². The number of piperazine rings is 1. The second kappa shape index (κ2) is 11.7. The van der Waals surface area contributed by atoms with E-state index in [2.05, 4.69) is 10.2 Å². The third-order valence-electron chi connectivity index (χ3n) is 6.71. The maximum atomic E-state index is 15.4. The van der Waals surface area contributed by atoms with Crippen molar-refractivity contribution >= 4 is 22.6 Å². The highest BCUT2D eigenvalue weighted by atomic mass is 19.2. The van der Waals surface area contributed by atoms with Crippen molar-refractivity contribution in [3.8, 4) is 11.6 Å². The lowest BCUT2D eigenvalue weighted by atomic mass is 9.96. The third-order valence-corrected chi connectivity index (χ3v) is 6.71. The summed E-state index contributed by atoms with van der Waals surface area (Å²) < 4.78 is 49.9. The number of nitrogens with zero attached hydrogens (tertiary/aromatic N) is 3. The summed E-state index contributed by atoms with van der Waals surface area (Å²) >= 11 is 0. The topological polar surface area (TPSA) is 95.6 Å². The summed E-state index contributed by atoms with van der Waals surface area (Å²) in [5, 5.41) is 6.16. The van der Waals surface area contributed by atoms with Gasteiger partial charge in [-0.25, -0.2) is 13.9 Å². The summed E-state index contributed by atoms with van der Waals surface area (Å²) in [6.45, 7) is 4.81. The molecule has 0 atom stereocenters. The molecule has 1 aromatic heterocycles. The molecule has 1 fully saturated rings. The quantitative estimate of drug-likeness (QED) is 0.429. The lowest BCUT2D eigenvalue weighted by molar-refractivity contribution is -0.137. The Labute approximate surface area is 217 Å². The zero-order valence-corrected chi connectivity index (χ0v) is 21.2. The van der Waals surface area contributed by atoms with Crippen LogP contribution >= 0.6 is 0 Å². The van der Waals surface area contributed by atoms with Gasteiger partial charge >= 0.3 is 0 Å². The van der Waals surface area contributed by atoms with Crippen molar-refractivity contribution in [1.29, 1.82) is 0 Å². The van der Waals surface area contributed by atoms with Crippen LogP contribution in [0, 0.1) is 23.4 Å². The van der Waals surface area contributed by atoms with Gasteiger partial charge in [0.15, 0.2) is 11.6 Å². The first-order valence-corrected chi connectivity index (χ1v) is 12.7. The van der Waals surface area contributed by atoms with E-state index in [9.17, 15) is 23.2 Å². The number of aromatic amines is 1. The summed E-state index contributed by atoms with van der Waals surface area (Å²) in [6, 6.07) is 6.57. The summed E-state index contributed by atoms with van der Waals surface area (Å²) in [5.74, 6) is -6.90. The van der Waals surface area contributed by atoms with E-state index in [-0.39, 0.29) is 54.7 Å². The average Bonchev–Trinajstić information content (AvgIpc) is 2.93. The number of benzene rings is 2. The first-order valence-electron chi connectivity index (χ1n) is 12.7. The van der Waals surface area contributed by atoms with E-state index >= 15 is 4.39 Å². The predicted octanol–water partition coefficient (Wildman–Crippen LogP) is 4.63. The van der Waals surface area contributed by atoms with Crippen LogP contribution in [0.15, 0.2) is 35.1 Å². The van der Waals surface area contributed by atoms with Crippen molar-refractivity contribution in [2.45, 2.75) is 39.5 Å². The Hall–Kier alpha value is -3.89. The number of halogens is 3. The van der Waals surface area contributed by atoms with Crippen LogP contribution in [0.5, 0.6) is 11.6 Å². The highest BCUT2D eigenvalue weighted by molar-refractivity contribution is 5.95. The summed E-state index contributed by atoms with van der Waals surface area (Å²) in [6.07, 6.45) is 3.35. The van der Waals surface area contributed by atoms with Gasteiger partial charge in [0.2, 0.25) is 23.4 Å². The molecular weight excluding hydrogens is 501 g/mol. The molecule has 4 rings (SSSR count). The summed E-state index contributed by atoms with van der Waals surface area (Å²) in [5.41, 5.74) is -1.25. The largest absolute Gasteiger partial charge is 0.431 e. The SMILES string of the molecule is CCCC(CCC)C(=O)N1CCN(C(=O)c2cc(F)c(F)c(Oc3n[nH]c(=O)c4ccccc34)c2F)CC1. The molecule has 8 nitrogen and oxygen atoms in total. The molecule has 202 valence electrons. The fourth-order valence-electron chi connectivity index (χ4n) is 4.74. The molecule has 2 aromatic carbocycles. The Kier molecular flexibility index (Phi) is 8.33. The number of hydrogen-bond donors (Lipinski definition) is 1. The van der Waals surface area contributed by atoms with Gasteiger partial charge in [-0.05, 0) is 31.0 Å². The fraction of sp³-hybridized carbons (Fsp3) is 0.407. The molecule has 0 unspecified atom stereocenters. The molecule has 0 spiro atoms. The lowest BCUT2D eigenvalue weighted by Gasteiger charge is -2.36. The van der Waals surface area contributed by atoms with Crippen molar-refractivity contribution in [1.82, 2.24) is 20.0 Å². The van der Waals surface area contributed by atoms with E-state index in [4.69, 9.17) is 4.74 Å². The third kappa shape index (κ3) is 5.36. The molecule has 1 aliphatic rings. The van der Waals surface area contributed by atoms with Crippen LogP contribution in [-0.2, 0) is 4.79 Å². The van der Waals surface area contributed by atoms with Gasteiger partial charge < -0.3 is 14.5 Å². The standard InChI is InChI=1S/C27H29F3N4O4/c1-3-7-16(8-4-2)26(36)33-11-13-34(14-12-33)27(37)19-15-20(28)22(30)23(21(19)29)38-25-18-10-6-5-9-17(18)24(35)31-32-25/h5-6,9-10,15-16H,3-4,7-8,11-14H2,1-2H3,(H,31,35). The minimum atomic E-state index is -1.63. The average molecular weight is 531 g/mol. The van der Waals surface area contributed by atoms with Crippen LogP contribution in [0.3, 0.4) is 0 Å². The first kappa shape index (κ1) is 27.2. The Morgan fingerprint density at radius 2 is 1.58 bits per heavy atom. The normalized spacial score (nSPS) is 13.8. The van der Waals surface area contributed by atoms with Crippen molar-refractivity contribution in [2.24, 2.45) is 5.92 Å². The summed E-state index contributed by atoms with van der Waals surface area (Å²) in [7, 11) is 0. The number of fused-ring (bicyclic) bond motifs is 1. The van der Waals surface area contributed by atoms with Crippen molar-refractivity contribution in [3.05, 3.63) is 63.7 Å². The van der Waals surface area contributed by atoms with E-state index in [1.807, 2.05) is 13.8 Å². The first-order chi connectivity index (χ1) is 18.3. The van der Waals surface area contributed by atoms with Crippen molar-refractivity contribution in [3.63, 3.8) is 0 Å². The smallest absolute Gasteiger partial charge is 0.272 e. The number of nitrogens with one attached hydrogen (secondary N) is 1. The monoisotopic (exact) mass is 530 g/mol. The molecule has 1 saturated heterocycles. The number of aromatic nitrogens is 2. The van der Waals surface area contributed by atoms with Gasteiger partial charge in [0.25, 0.3) is 11.5 Å². The van der Waals surface area contributed by atoms with Crippen LogP contribution in [0.2, 0.25) is 0 Å². The zero-order valence-electron chi connectivity index (χ0n) is 21.2. The van der Waals surface area contributed by atoms with Crippen LogP contribution in [0.25, 0.3) is 10.8 Å². The number of ether oxygens (including phenoxy) is 1. The molecule has 0 saturated carbocycles. The second-order valence-electron chi connectivity index (χ2n) is 9.26. The maximum absolute atomic E-state index is 15.4. The Bertz CT molecular complexity index is 1400. The summed E-state index contributed by atoms with van der Waals surface area (Å²) in [4.78, 5) is 41.1. The van der Waals surface area contributed by atoms with Gasteiger partial charge in [-0.3, -0.25) is 14.4 Å². The Balaban J connectivity index is 1.56. The minimum Gasteiger partial charge on any atom is -0.431 e. The molecule has 1 aliphatic heterocycles. The maximum Gasteiger partial charge on any atom is 0.272 e. The van der Waals surface area contributed by atoms with Gasteiger partial charge in [-0.15, -0.1) is 5.10 Å². The molecule has 38 heavy (non-hydrogen) atoms. The molecular formula is C27H29F3N4O4. The number of H-pyrrole nitrogens is 1. The van der Waals surface area contributed by atoms with Crippen LogP contribution in [0.4, 0.5) is 13.2 Å². The minimum absolute atomic E-state index is 0.0381. The second-order valence-corrected chi connectivity index (χ2v) is 9.26. The molecule has 3 aromatic rings. The van der Waals surface area contributed by atoms with Crippen molar-refractivity contribution in [2.75, 3.05) is 26.2 Å². The molecule has 11 heteroatoms. The van der Waals surface area contributed by atoms with E-state index in [1.165, 1.54) is 17.0 Å². The van der Waals surface area contributed by atoms with E-state index in [0.717, 1.165) is 25.7 Å². The van der Waals surface area contributed by atoms with Gasteiger partial charge in [0.05, 0.1) is 16.3 Å². The highest BCUT2D eigenvalue weighted by Gasteiger charge is 2.32. The molecule has 0 radical (unpaired) electrons. The number of hydrogen-bond acceptors (Lipinski definition) is 5. The van der Waals surface area contributed by atoms with Crippen LogP contribution in [-0.4, -0.2) is 58.0 Å². The molecule has 2 heterocycles. The Morgan fingerprint density at radius 3 is 2.21 bits per heavy atom. The van der Waals surface area contributed by atoms with E-state index < -0.39 is 40.2 Å². The molecule has 0 aliphatic carbocycles. The number of carbonyl (C=O) groups excluding carboxylic acids is 2. The van der Waals surface area contributed by atoms with Gasteiger partial charge in [-0.2, -0.15) is 4.39 Å². The Morgan fingerprint density at radius 1 is 0.974 bits per heavy atom. The number of amides is 2. The molecule has 1 N–H and O–H groups in total. The lowest BCUT2D eigenvalue weighted by Crippen LogP contribution is -2.52. The van der Waals surface area contributed by atoms with Gasteiger partial charge in [-0.1, -0.05) is 38.8 Å². The van der Waals surface area contributed by atoms with Crippen LogP contribution in [0.1, 0.15) is 49.9 Å². The number of carbonyl (C=O) groups is 2. The van der Waals surface area contributed by atoms with Crippen molar-refractivity contribution < 1.29 is 27.5 Å². The zero-order chi connectivity index (χ0) is 27.4. The predicted molar refractivity (Wildman–Crippen MR) is 135 cm³/mol. The van der Waals surface area contributed by atoms with Gasteiger partial charge in [0, 0.05) is 32.1 Å². The fourth-order valence-corrected chi connectivity index (χ4v) is 4.74. The highest BCUT2D eigenvalue weighted by Crippen LogP contribution is 2.33. The number of rotatable bonds is 8. The van der Waals surface area contributed by atoms with E-state index in [0.29, 0.717) is 6.07 Å².